The Kier molecular flexibility index (Phi) is 6.54. The highest BCUT2D eigenvalue weighted by atomic mass is 79.9. The summed E-state index contributed by atoms with van der Waals surface area (Å²) >= 11 is 3.50. The van der Waals surface area contributed by atoms with Gasteiger partial charge in [-0.05, 0) is 43.4 Å². The molecule has 1 unspecified atom stereocenters. The van der Waals surface area contributed by atoms with Gasteiger partial charge in [-0.25, -0.2) is 0 Å². The van der Waals surface area contributed by atoms with Gasteiger partial charge in [0.2, 0.25) is 0 Å². The highest BCUT2D eigenvalue weighted by molar-refractivity contribution is 9.10. The Balaban J connectivity index is 3.21. The second kappa shape index (κ2) is 7.68. The van der Waals surface area contributed by atoms with E-state index in [2.05, 4.69) is 74.1 Å². The predicted molar refractivity (Wildman–Crippen MR) is 90.9 cm³/mol. The van der Waals surface area contributed by atoms with Crippen molar-refractivity contribution in [2.24, 2.45) is 5.92 Å². The van der Waals surface area contributed by atoms with Crippen molar-refractivity contribution in [1.29, 1.82) is 0 Å². The Morgan fingerprint density at radius 2 is 1.95 bits per heavy atom. The standard InChI is InChI=1S/C18H25BrO/c1-6-20-13-18(11-14(2)3,12-15(4)5)16-7-9-17(19)10-8-16/h6-10,15H,1-2,11-13H2,3-5H3. The van der Waals surface area contributed by atoms with E-state index in [0.29, 0.717) is 12.5 Å². The molecule has 0 aliphatic carbocycles. The Hall–Kier alpha value is -1.02. The summed E-state index contributed by atoms with van der Waals surface area (Å²) in [5, 5.41) is 0. The molecule has 0 saturated heterocycles. The van der Waals surface area contributed by atoms with E-state index in [4.69, 9.17) is 4.74 Å². The fraction of sp³-hybridized carbons (Fsp3) is 0.444. The molecule has 0 spiro atoms. The minimum atomic E-state index is -0.0328. The molecule has 1 aromatic carbocycles. The molecule has 0 fully saturated rings. The molecule has 1 aromatic rings. The largest absolute Gasteiger partial charge is 0.501 e. The second-order valence-corrected chi connectivity index (χ2v) is 6.91. The third-order valence-corrected chi connectivity index (χ3v) is 3.90. The van der Waals surface area contributed by atoms with Crippen molar-refractivity contribution >= 4 is 15.9 Å². The molecule has 0 amide bonds. The van der Waals surface area contributed by atoms with Crippen molar-refractivity contribution in [3.63, 3.8) is 0 Å². The molecule has 0 aromatic heterocycles. The first-order valence-electron chi connectivity index (χ1n) is 7.02. The van der Waals surface area contributed by atoms with Crippen LogP contribution in [0.5, 0.6) is 0 Å². The minimum absolute atomic E-state index is 0.0328. The third-order valence-electron chi connectivity index (χ3n) is 3.37. The molecule has 110 valence electrons. The number of benzene rings is 1. The van der Waals surface area contributed by atoms with Crippen LogP contribution in [0.4, 0.5) is 0 Å². The lowest BCUT2D eigenvalue weighted by Gasteiger charge is -2.36. The number of allylic oxidation sites excluding steroid dienone is 1. The molecule has 0 radical (unpaired) electrons. The Morgan fingerprint density at radius 3 is 2.40 bits per heavy atom. The maximum Gasteiger partial charge on any atom is 0.0972 e. The van der Waals surface area contributed by atoms with Crippen molar-refractivity contribution < 1.29 is 4.74 Å². The monoisotopic (exact) mass is 336 g/mol. The Morgan fingerprint density at radius 1 is 1.35 bits per heavy atom. The molecule has 0 saturated carbocycles. The van der Waals surface area contributed by atoms with Crippen molar-refractivity contribution in [3.8, 4) is 0 Å². The molecule has 1 nitrogen and oxygen atoms in total. The van der Waals surface area contributed by atoms with Crippen molar-refractivity contribution in [3.05, 3.63) is 59.3 Å². The number of hydrogen-bond acceptors (Lipinski definition) is 1. The molecule has 20 heavy (non-hydrogen) atoms. The van der Waals surface area contributed by atoms with Gasteiger partial charge in [0.1, 0.15) is 0 Å². The van der Waals surface area contributed by atoms with E-state index in [9.17, 15) is 0 Å². The van der Waals surface area contributed by atoms with Crippen LogP contribution in [0.2, 0.25) is 0 Å². The first-order valence-corrected chi connectivity index (χ1v) is 7.82. The fourth-order valence-electron chi connectivity index (χ4n) is 2.87. The summed E-state index contributed by atoms with van der Waals surface area (Å²) in [5.74, 6) is 0.589. The van der Waals surface area contributed by atoms with Gasteiger partial charge in [0, 0.05) is 9.89 Å². The molecule has 0 bridgehead atoms. The van der Waals surface area contributed by atoms with Crippen LogP contribution >= 0.6 is 15.9 Å². The van der Waals surface area contributed by atoms with Gasteiger partial charge in [-0.2, -0.15) is 0 Å². The maximum atomic E-state index is 5.60. The average Bonchev–Trinajstić information content (AvgIpc) is 2.35. The van der Waals surface area contributed by atoms with Crippen LogP contribution in [0, 0.1) is 5.92 Å². The molecule has 2 heteroatoms. The van der Waals surface area contributed by atoms with Crippen molar-refractivity contribution in [2.75, 3.05) is 6.61 Å². The lowest BCUT2D eigenvalue weighted by Crippen LogP contribution is -2.33. The topological polar surface area (TPSA) is 9.23 Å². The Bertz CT molecular complexity index is 447. The van der Waals surface area contributed by atoms with Gasteiger partial charge in [0.25, 0.3) is 0 Å². The molecule has 1 atom stereocenters. The van der Waals surface area contributed by atoms with Gasteiger partial charge >= 0.3 is 0 Å². The second-order valence-electron chi connectivity index (χ2n) is 6.00. The first kappa shape index (κ1) is 17.0. The number of halogens is 1. The summed E-state index contributed by atoms with van der Waals surface area (Å²) in [6, 6.07) is 8.55. The van der Waals surface area contributed by atoms with Crippen LogP contribution in [0.3, 0.4) is 0 Å². The van der Waals surface area contributed by atoms with Crippen LogP contribution in [0.1, 0.15) is 39.2 Å². The quantitative estimate of drug-likeness (QED) is 0.426. The third kappa shape index (κ3) is 4.82. The summed E-state index contributed by atoms with van der Waals surface area (Å²) in [6.07, 6.45) is 3.53. The van der Waals surface area contributed by atoms with E-state index < -0.39 is 0 Å². The fourth-order valence-corrected chi connectivity index (χ4v) is 3.13. The summed E-state index contributed by atoms with van der Waals surface area (Å²) < 4.78 is 6.69. The molecular formula is C18H25BrO. The molecule has 0 aliphatic rings. The van der Waals surface area contributed by atoms with Gasteiger partial charge in [-0.15, -0.1) is 6.58 Å². The van der Waals surface area contributed by atoms with Gasteiger partial charge in [-0.1, -0.05) is 54.1 Å². The summed E-state index contributed by atoms with van der Waals surface area (Å²) in [4.78, 5) is 0. The number of hydrogen-bond donors (Lipinski definition) is 0. The van der Waals surface area contributed by atoms with Gasteiger partial charge in [-0.3, -0.25) is 0 Å². The zero-order chi connectivity index (χ0) is 15.2. The van der Waals surface area contributed by atoms with Gasteiger partial charge in [0.15, 0.2) is 0 Å². The highest BCUT2D eigenvalue weighted by Crippen LogP contribution is 2.38. The smallest absolute Gasteiger partial charge is 0.0972 e. The zero-order valence-corrected chi connectivity index (χ0v) is 14.4. The average molecular weight is 337 g/mol. The van der Waals surface area contributed by atoms with Gasteiger partial charge in [0.05, 0.1) is 12.9 Å². The van der Waals surface area contributed by atoms with E-state index in [1.165, 1.54) is 17.4 Å². The van der Waals surface area contributed by atoms with Crippen LogP contribution in [0.25, 0.3) is 0 Å². The van der Waals surface area contributed by atoms with E-state index in [0.717, 1.165) is 17.3 Å². The normalized spacial score (nSPS) is 13.8. The van der Waals surface area contributed by atoms with E-state index >= 15 is 0 Å². The molecule has 0 heterocycles. The Labute approximate surface area is 131 Å². The summed E-state index contributed by atoms with van der Waals surface area (Å²) in [5.41, 5.74) is 2.45. The summed E-state index contributed by atoms with van der Waals surface area (Å²) in [6.45, 7) is 15.0. The van der Waals surface area contributed by atoms with Crippen LogP contribution < -0.4 is 0 Å². The van der Waals surface area contributed by atoms with Crippen LogP contribution in [0.15, 0.2) is 53.7 Å². The zero-order valence-electron chi connectivity index (χ0n) is 12.8. The van der Waals surface area contributed by atoms with Crippen molar-refractivity contribution in [1.82, 2.24) is 0 Å². The van der Waals surface area contributed by atoms with Gasteiger partial charge < -0.3 is 4.74 Å². The maximum absolute atomic E-state index is 5.60. The van der Waals surface area contributed by atoms with Crippen molar-refractivity contribution in [2.45, 2.75) is 39.0 Å². The van der Waals surface area contributed by atoms with E-state index in [1.54, 1.807) is 0 Å². The molecular weight excluding hydrogens is 312 g/mol. The highest BCUT2D eigenvalue weighted by Gasteiger charge is 2.33. The molecule has 0 aliphatic heterocycles. The number of ether oxygens (including phenoxy) is 1. The van der Waals surface area contributed by atoms with E-state index in [-0.39, 0.29) is 5.41 Å². The number of rotatable bonds is 8. The lowest BCUT2D eigenvalue weighted by atomic mass is 9.71. The lowest BCUT2D eigenvalue weighted by molar-refractivity contribution is 0.147. The summed E-state index contributed by atoms with van der Waals surface area (Å²) in [7, 11) is 0. The first-order chi connectivity index (χ1) is 9.39. The molecule has 1 rings (SSSR count). The SMILES string of the molecule is C=COCC(CC(=C)C)(CC(C)C)c1ccc(Br)cc1. The van der Waals surface area contributed by atoms with Crippen LogP contribution in [-0.2, 0) is 10.2 Å². The predicted octanol–water partition coefficient (Wildman–Crippen LogP) is 5.86. The van der Waals surface area contributed by atoms with E-state index in [1.807, 2.05) is 0 Å². The molecule has 0 N–H and O–H groups in total. The van der Waals surface area contributed by atoms with Crippen LogP contribution in [-0.4, -0.2) is 6.61 Å². The minimum Gasteiger partial charge on any atom is -0.501 e.